The van der Waals surface area contributed by atoms with Gasteiger partial charge in [0.25, 0.3) is 5.91 Å². The van der Waals surface area contributed by atoms with Gasteiger partial charge in [0.15, 0.2) is 0 Å². The molecule has 4 N–H and O–H groups in total. The topological polar surface area (TPSA) is 82.3 Å². The highest BCUT2D eigenvalue weighted by Crippen LogP contribution is 2.32. The Hall–Kier alpha value is -4.01. The molecule has 1 fully saturated rings. The van der Waals surface area contributed by atoms with Gasteiger partial charge in [0, 0.05) is 36.6 Å². The number of anilines is 2. The van der Waals surface area contributed by atoms with Gasteiger partial charge in [-0.3, -0.25) is 4.79 Å². The van der Waals surface area contributed by atoms with E-state index in [1.165, 1.54) is 44.2 Å². The molecule has 0 aliphatic heterocycles. The monoisotopic (exact) mass is 538 g/mol. The van der Waals surface area contributed by atoms with E-state index in [2.05, 4.69) is 21.3 Å². The summed E-state index contributed by atoms with van der Waals surface area (Å²) in [6.45, 7) is 1.74. The summed E-state index contributed by atoms with van der Waals surface area (Å²) < 4.78 is 38.8. The molecule has 1 saturated carbocycles. The van der Waals surface area contributed by atoms with E-state index in [1.54, 1.807) is 36.4 Å². The van der Waals surface area contributed by atoms with E-state index >= 15 is 0 Å². The zero-order valence-electron chi connectivity index (χ0n) is 21.6. The molecule has 0 heterocycles. The van der Waals surface area contributed by atoms with Crippen molar-refractivity contribution in [2.24, 2.45) is 5.92 Å². The van der Waals surface area contributed by atoms with Crippen LogP contribution in [0.3, 0.4) is 0 Å². The molecule has 0 aromatic heterocycles. The van der Waals surface area contributed by atoms with Crippen molar-refractivity contribution in [1.29, 1.82) is 0 Å². The maximum atomic E-state index is 13.0. The van der Waals surface area contributed by atoms with Gasteiger partial charge in [-0.05, 0) is 72.4 Å². The number of amides is 3. The number of nitrogens with one attached hydrogen (secondary N) is 4. The van der Waals surface area contributed by atoms with E-state index in [4.69, 9.17) is 0 Å². The summed E-state index contributed by atoms with van der Waals surface area (Å²) in [7, 11) is 0. The SMILES string of the molecule is O=C(NCCNc1ccc(NC(=O)c2ccccc2-c2ccc(C(F)(F)F)cc2)cc1)NCC1CCCCC1. The zero-order valence-corrected chi connectivity index (χ0v) is 21.6. The van der Waals surface area contributed by atoms with E-state index in [0.29, 0.717) is 41.4 Å². The minimum atomic E-state index is -4.42. The lowest BCUT2D eigenvalue weighted by molar-refractivity contribution is -0.137. The predicted octanol–water partition coefficient (Wildman–Crippen LogP) is 6.92. The Morgan fingerprint density at radius 1 is 0.769 bits per heavy atom. The van der Waals surface area contributed by atoms with Gasteiger partial charge in [0.1, 0.15) is 0 Å². The molecule has 9 heteroatoms. The van der Waals surface area contributed by atoms with Crippen LogP contribution in [0.15, 0.2) is 72.8 Å². The Bertz CT molecular complexity index is 1240. The molecule has 3 amide bonds. The number of hydrogen-bond acceptors (Lipinski definition) is 3. The standard InChI is InChI=1S/C30H33F3N4O2/c31-30(32,33)23-12-10-22(11-13-23)26-8-4-5-9-27(26)28(38)37-25-16-14-24(15-17-25)34-18-19-35-29(39)36-20-21-6-2-1-3-7-21/h4-5,8-17,21,34H,1-3,6-7,18-20H2,(H,37,38)(H2,35,36,39). The first kappa shape index (κ1) is 28.0. The van der Waals surface area contributed by atoms with Crippen molar-refractivity contribution in [3.63, 3.8) is 0 Å². The van der Waals surface area contributed by atoms with Crippen LogP contribution in [0.1, 0.15) is 48.0 Å². The Labute approximate surface area is 226 Å². The van der Waals surface area contributed by atoms with Crippen LogP contribution < -0.4 is 21.3 Å². The second-order valence-electron chi connectivity index (χ2n) is 9.72. The number of benzene rings is 3. The van der Waals surface area contributed by atoms with Gasteiger partial charge < -0.3 is 21.3 Å². The predicted molar refractivity (Wildman–Crippen MR) is 148 cm³/mol. The van der Waals surface area contributed by atoms with Crippen LogP contribution in [0, 0.1) is 5.92 Å². The van der Waals surface area contributed by atoms with Crippen molar-refractivity contribution in [2.45, 2.75) is 38.3 Å². The Morgan fingerprint density at radius 3 is 2.13 bits per heavy atom. The van der Waals surface area contributed by atoms with Crippen molar-refractivity contribution in [3.05, 3.63) is 83.9 Å². The molecule has 3 aromatic carbocycles. The Balaban J connectivity index is 1.25. The third-order valence-electron chi connectivity index (χ3n) is 6.85. The summed E-state index contributed by atoms with van der Waals surface area (Å²) in [5.74, 6) is 0.217. The lowest BCUT2D eigenvalue weighted by atomic mass is 9.89. The van der Waals surface area contributed by atoms with Gasteiger partial charge in [-0.25, -0.2) is 4.79 Å². The smallest absolute Gasteiger partial charge is 0.383 e. The summed E-state index contributed by atoms with van der Waals surface area (Å²) in [6, 6.07) is 18.5. The fourth-order valence-electron chi connectivity index (χ4n) is 4.72. The highest BCUT2D eigenvalue weighted by atomic mass is 19.4. The van der Waals surface area contributed by atoms with Crippen molar-refractivity contribution in [2.75, 3.05) is 30.3 Å². The summed E-state index contributed by atoms with van der Waals surface area (Å²) in [5, 5.41) is 11.9. The summed E-state index contributed by atoms with van der Waals surface area (Å²) >= 11 is 0. The van der Waals surface area contributed by atoms with Gasteiger partial charge in [0.05, 0.1) is 5.56 Å². The molecule has 0 bridgehead atoms. The molecule has 0 saturated heterocycles. The molecule has 4 rings (SSSR count). The maximum absolute atomic E-state index is 13.0. The molecule has 206 valence electrons. The van der Waals surface area contributed by atoms with E-state index < -0.39 is 11.7 Å². The largest absolute Gasteiger partial charge is 0.416 e. The molecular formula is C30H33F3N4O2. The molecule has 1 aliphatic carbocycles. The maximum Gasteiger partial charge on any atom is 0.416 e. The van der Waals surface area contributed by atoms with Crippen LogP contribution in [0.25, 0.3) is 11.1 Å². The van der Waals surface area contributed by atoms with Gasteiger partial charge in [-0.2, -0.15) is 13.2 Å². The van der Waals surface area contributed by atoms with E-state index in [-0.39, 0.29) is 11.9 Å². The molecule has 6 nitrogen and oxygen atoms in total. The van der Waals surface area contributed by atoms with E-state index in [0.717, 1.165) is 24.4 Å². The number of rotatable bonds is 9. The summed E-state index contributed by atoms with van der Waals surface area (Å²) in [4.78, 5) is 25.0. The first-order valence-electron chi connectivity index (χ1n) is 13.2. The third-order valence-corrected chi connectivity index (χ3v) is 6.85. The molecule has 0 spiro atoms. The molecular weight excluding hydrogens is 505 g/mol. The summed E-state index contributed by atoms with van der Waals surface area (Å²) in [5.41, 5.74) is 2.08. The quantitative estimate of drug-likeness (QED) is 0.223. The third kappa shape index (κ3) is 8.24. The Kier molecular flexibility index (Phi) is 9.46. The fourth-order valence-corrected chi connectivity index (χ4v) is 4.72. The minimum Gasteiger partial charge on any atom is -0.383 e. The second kappa shape index (κ2) is 13.2. The number of carbonyl (C=O) groups is 2. The molecule has 0 atom stereocenters. The number of carbonyl (C=O) groups excluding carboxylic acids is 2. The molecule has 1 aliphatic rings. The number of halogens is 3. The van der Waals surface area contributed by atoms with Gasteiger partial charge in [-0.1, -0.05) is 49.6 Å². The molecule has 0 unspecified atom stereocenters. The Morgan fingerprint density at radius 2 is 1.44 bits per heavy atom. The van der Waals surface area contributed by atoms with Gasteiger partial charge in [-0.15, -0.1) is 0 Å². The van der Waals surface area contributed by atoms with Crippen molar-refractivity contribution >= 4 is 23.3 Å². The van der Waals surface area contributed by atoms with E-state index in [1.807, 2.05) is 12.1 Å². The lowest BCUT2D eigenvalue weighted by Crippen LogP contribution is -2.40. The average molecular weight is 539 g/mol. The van der Waals surface area contributed by atoms with Crippen molar-refractivity contribution < 1.29 is 22.8 Å². The molecule has 0 radical (unpaired) electrons. The number of urea groups is 1. The molecule has 39 heavy (non-hydrogen) atoms. The van der Waals surface area contributed by atoms with Gasteiger partial charge in [0.2, 0.25) is 0 Å². The van der Waals surface area contributed by atoms with Crippen LogP contribution in [-0.4, -0.2) is 31.6 Å². The van der Waals surface area contributed by atoms with Gasteiger partial charge >= 0.3 is 12.2 Å². The van der Waals surface area contributed by atoms with Crippen molar-refractivity contribution in [1.82, 2.24) is 10.6 Å². The first-order valence-corrected chi connectivity index (χ1v) is 13.2. The van der Waals surface area contributed by atoms with Crippen molar-refractivity contribution in [3.8, 4) is 11.1 Å². The zero-order chi connectivity index (χ0) is 27.7. The normalized spacial score (nSPS) is 13.9. The first-order chi connectivity index (χ1) is 18.8. The number of alkyl halides is 3. The highest BCUT2D eigenvalue weighted by molar-refractivity contribution is 6.08. The lowest BCUT2D eigenvalue weighted by Gasteiger charge is -2.21. The van der Waals surface area contributed by atoms with Crippen LogP contribution in [0.5, 0.6) is 0 Å². The minimum absolute atomic E-state index is 0.156. The summed E-state index contributed by atoms with van der Waals surface area (Å²) in [6.07, 6.45) is 1.73. The number of hydrogen-bond donors (Lipinski definition) is 4. The van der Waals surface area contributed by atoms with Crippen LogP contribution >= 0.6 is 0 Å². The fraction of sp³-hybridized carbons (Fsp3) is 0.333. The van der Waals surface area contributed by atoms with Crippen LogP contribution in [0.4, 0.5) is 29.3 Å². The van der Waals surface area contributed by atoms with Crippen LogP contribution in [-0.2, 0) is 6.18 Å². The van der Waals surface area contributed by atoms with Crippen LogP contribution in [0.2, 0.25) is 0 Å². The second-order valence-corrected chi connectivity index (χ2v) is 9.72. The average Bonchev–Trinajstić information content (AvgIpc) is 2.95. The molecule has 3 aromatic rings. The highest BCUT2D eigenvalue weighted by Gasteiger charge is 2.30. The van der Waals surface area contributed by atoms with E-state index in [9.17, 15) is 22.8 Å².